The molecule has 3 N–H and O–H groups in total. The highest BCUT2D eigenvalue weighted by Gasteiger charge is 2.51. The van der Waals surface area contributed by atoms with Crippen LogP contribution < -0.4 is 15.5 Å². The molecule has 10 heteroatoms. The second kappa shape index (κ2) is 13.1. The molecule has 0 aliphatic carbocycles. The fourth-order valence-electron chi connectivity index (χ4n) is 5.03. The van der Waals surface area contributed by atoms with E-state index in [4.69, 9.17) is 0 Å². The first-order valence-electron chi connectivity index (χ1n) is 13.8. The maximum Gasteiger partial charge on any atom is 0.267 e. The molecule has 0 spiro atoms. The van der Waals surface area contributed by atoms with Crippen molar-refractivity contribution in [2.24, 2.45) is 0 Å². The maximum absolute atomic E-state index is 14.6. The Morgan fingerprint density at radius 2 is 1.62 bits per heavy atom. The number of hydrogen-bond acceptors (Lipinski definition) is 5. The molecule has 1 heterocycles. The summed E-state index contributed by atoms with van der Waals surface area (Å²) in [5.41, 5.74) is 3.51. The molecule has 222 valence electrons. The number of aliphatic hydroxyl groups excluding tert-OH is 1. The lowest BCUT2D eigenvalue weighted by Gasteiger charge is -2.30. The summed E-state index contributed by atoms with van der Waals surface area (Å²) in [5.74, 6) is -5.62. The summed E-state index contributed by atoms with van der Waals surface area (Å²) in [6.45, 7) is 0.833. The number of anilines is 1. The summed E-state index contributed by atoms with van der Waals surface area (Å²) in [7, 11) is 3.80. The Morgan fingerprint density at radius 1 is 0.976 bits per heavy atom. The van der Waals surface area contributed by atoms with E-state index in [2.05, 4.69) is 10.6 Å². The molecule has 0 saturated carbocycles. The molecule has 0 aromatic heterocycles. The molecule has 1 aliphatic heterocycles. The van der Waals surface area contributed by atoms with Crippen molar-refractivity contribution < 1.29 is 28.3 Å². The van der Waals surface area contributed by atoms with Crippen LogP contribution in [-0.4, -0.2) is 72.5 Å². The van der Waals surface area contributed by atoms with Gasteiger partial charge in [-0.25, -0.2) is 8.78 Å². The van der Waals surface area contributed by atoms with E-state index < -0.39 is 54.8 Å². The molecule has 0 radical (unpaired) electrons. The van der Waals surface area contributed by atoms with Gasteiger partial charge in [-0.15, -0.1) is 0 Å². The van der Waals surface area contributed by atoms with Gasteiger partial charge in [0.1, 0.15) is 6.04 Å². The van der Waals surface area contributed by atoms with Gasteiger partial charge >= 0.3 is 0 Å². The third-order valence-electron chi connectivity index (χ3n) is 7.41. The number of nitrogens with zero attached hydrogens (tertiary/aromatic N) is 2. The molecular weight excluding hydrogens is 542 g/mol. The SMILES string of the molecule is Cc1ccccc1C(=O)N[C@@H](Cc1ccccc1)[C@H](O)C(=O)N1CC(F)(F)C[C@H]1C(=O)NCc1ccc(N(C)C)cc1. The third-order valence-corrected chi connectivity index (χ3v) is 7.41. The molecule has 0 unspecified atom stereocenters. The quantitative estimate of drug-likeness (QED) is 0.343. The molecule has 3 atom stereocenters. The smallest absolute Gasteiger partial charge is 0.267 e. The van der Waals surface area contributed by atoms with Gasteiger partial charge in [-0.2, -0.15) is 0 Å². The van der Waals surface area contributed by atoms with E-state index in [0.29, 0.717) is 11.1 Å². The number of nitrogens with one attached hydrogen (secondary N) is 2. The van der Waals surface area contributed by atoms with Gasteiger partial charge < -0.3 is 25.5 Å². The first-order valence-corrected chi connectivity index (χ1v) is 13.8. The first kappa shape index (κ1) is 30.6. The molecule has 3 aromatic rings. The van der Waals surface area contributed by atoms with E-state index in [-0.39, 0.29) is 13.0 Å². The average Bonchev–Trinajstić information content (AvgIpc) is 3.31. The molecule has 4 rings (SSSR count). The van der Waals surface area contributed by atoms with Gasteiger partial charge in [0.2, 0.25) is 5.91 Å². The predicted octanol–water partition coefficient (Wildman–Crippen LogP) is 3.32. The number of rotatable bonds is 10. The second-order valence-corrected chi connectivity index (χ2v) is 10.9. The number of amides is 3. The number of carbonyl (C=O) groups is 3. The van der Waals surface area contributed by atoms with Crippen molar-refractivity contribution in [2.75, 3.05) is 25.5 Å². The number of alkyl halides is 2. The molecule has 42 heavy (non-hydrogen) atoms. The molecule has 1 saturated heterocycles. The summed E-state index contributed by atoms with van der Waals surface area (Å²) in [4.78, 5) is 42.4. The van der Waals surface area contributed by atoms with Gasteiger partial charge in [-0.1, -0.05) is 60.7 Å². The summed E-state index contributed by atoms with van der Waals surface area (Å²) in [6, 6.07) is 20.5. The van der Waals surface area contributed by atoms with Crippen molar-refractivity contribution in [1.82, 2.24) is 15.5 Å². The number of benzene rings is 3. The Labute approximate surface area is 244 Å². The van der Waals surface area contributed by atoms with Gasteiger partial charge in [0.25, 0.3) is 17.7 Å². The number of carbonyl (C=O) groups excluding carboxylic acids is 3. The van der Waals surface area contributed by atoms with Gasteiger partial charge in [-0.3, -0.25) is 14.4 Å². The summed E-state index contributed by atoms with van der Waals surface area (Å²) < 4.78 is 29.2. The summed E-state index contributed by atoms with van der Waals surface area (Å²) in [5, 5.41) is 16.6. The van der Waals surface area contributed by atoms with E-state index in [9.17, 15) is 28.3 Å². The Hall–Kier alpha value is -4.31. The normalized spacial score (nSPS) is 17.3. The lowest BCUT2D eigenvalue weighted by Crippen LogP contribution is -2.55. The molecule has 0 bridgehead atoms. The van der Waals surface area contributed by atoms with E-state index in [1.807, 2.05) is 43.3 Å². The highest BCUT2D eigenvalue weighted by atomic mass is 19.3. The highest BCUT2D eigenvalue weighted by Crippen LogP contribution is 2.33. The average molecular weight is 579 g/mol. The van der Waals surface area contributed by atoms with Crippen molar-refractivity contribution in [1.29, 1.82) is 0 Å². The number of aliphatic hydroxyl groups is 1. The number of aryl methyl sites for hydroxylation is 1. The van der Waals surface area contributed by atoms with Crippen molar-refractivity contribution in [3.05, 3.63) is 101 Å². The van der Waals surface area contributed by atoms with E-state index >= 15 is 0 Å². The third kappa shape index (κ3) is 7.50. The predicted molar refractivity (Wildman–Crippen MR) is 156 cm³/mol. The van der Waals surface area contributed by atoms with E-state index in [1.165, 1.54) is 0 Å². The minimum atomic E-state index is -3.32. The largest absolute Gasteiger partial charge is 0.381 e. The Kier molecular flexibility index (Phi) is 9.57. The molecular formula is C32H36F2N4O4. The molecule has 1 aliphatic rings. The summed E-state index contributed by atoms with van der Waals surface area (Å²) in [6.07, 6.45) is -2.67. The van der Waals surface area contributed by atoms with Gasteiger partial charge in [0.05, 0.1) is 12.6 Å². The van der Waals surface area contributed by atoms with E-state index in [1.54, 1.807) is 61.5 Å². The van der Waals surface area contributed by atoms with Crippen molar-refractivity contribution >= 4 is 23.4 Å². The van der Waals surface area contributed by atoms with Crippen LogP contribution in [0.15, 0.2) is 78.9 Å². The zero-order chi connectivity index (χ0) is 30.4. The van der Waals surface area contributed by atoms with Crippen LogP contribution in [0.25, 0.3) is 0 Å². The van der Waals surface area contributed by atoms with Crippen molar-refractivity contribution in [3.8, 4) is 0 Å². The molecule has 3 aromatic carbocycles. The fraction of sp³-hybridized carbons (Fsp3) is 0.344. The first-order chi connectivity index (χ1) is 19.9. The van der Waals surface area contributed by atoms with Crippen LogP contribution in [0, 0.1) is 6.92 Å². The van der Waals surface area contributed by atoms with Crippen LogP contribution in [0.5, 0.6) is 0 Å². The maximum atomic E-state index is 14.6. The van der Waals surface area contributed by atoms with E-state index in [0.717, 1.165) is 21.7 Å². The molecule has 8 nitrogen and oxygen atoms in total. The van der Waals surface area contributed by atoms with Gasteiger partial charge in [0, 0.05) is 38.3 Å². The Morgan fingerprint density at radius 3 is 2.26 bits per heavy atom. The van der Waals surface area contributed by atoms with Crippen LogP contribution in [0.1, 0.15) is 33.5 Å². The minimum Gasteiger partial charge on any atom is -0.381 e. The molecule has 3 amide bonds. The summed E-state index contributed by atoms with van der Waals surface area (Å²) >= 11 is 0. The van der Waals surface area contributed by atoms with Crippen LogP contribution in [-0.2, 0) is 22.6 Å². The Bertz CT molecular complexity index is 1400. The lowest BCUT2D eigenvalue weighted by molar-refractivity contribution is -0.147. The number of hydrogen-bond donors (Lipinski definition) is 3. The molecule has 1 fully saturated rings. The zero-order valence-electron chi connectivity index (χ0n) is 23.9. The van der Waals surface area contributed by atoms with Crippen LogP contribution in [0.2, 0.25) is 0 Å². The Balaban J connectivity index is 1.51. The number of likely N-dealkylation sites (tertiary alicyclic amines) is 1. The second-order valence-electron chi connectivity index (χ2n) is 10.9. The van der Waals surface area contributed by atoms with Crippen molar-refractivity contribution in [3.63, 3.8) is 0 Å². The minimum absolute atomic E-state index is 0.0649. The monoisotopic (exact) mass is 578 g/mol. The standard InChI is InChI=1S/C32H36F2N4O4/c1-21-9-7-8-12-25(21)29(40)36-26(17-22-10-5-4-6-11-22)28(39)31(42)38-20-32(33,34)18-27(38)30(41)35-19-23-13-15-24(16-14-23)37(2)3/h4-16,26-28,39H,17-20H2,1-3H3,(H,35,41)(H,36,40)/t26-,27-,28-/m0/s1. The van der Waals surface area contributed by atoms with Gasteiger partial charge in [0.15, 0.2) is 6.10 Å². The van der Waals surface area contributed by atoms with Crippen LogP contribution >= 0.6 is 0 Å². The highest BCUT2D eigenvalue weighted by molar-refractivity contribution is 5.96. The van der Waals surface area contributed by atoms with Crippen molar-refractivity contribution in [2.45, 2.75) is 50.4 Å². The zero-order valence-corrected chi connectivity index (χ0v) is 23.9. The lowest BCUT2D eigenvalue weighted by atomic mass is 9.99. The fourth-order valence-corrected chi connectivity index (χ4v) is 5.03. The van der Waals surface area contributed by atoms with Gasteiger partial charge in [-0.05, 0) is 48.2 Å². The number of halogens is 2. The topological polar surface area (TPSA) is 102 Å². The van der Waals surface area contributed by atoms with Crippen LogP contribution in [0.3, 0.4) is 0 Å². The van der Waals surface area contributed by atoms with Crippen LogP contribution in [0.4, 0.5) is 14.5 Å².